The molecule has 0 spiro atoms. The molecule has 1 atom stereocenters. The number of likely N-dealkylation sites (N-methyl/N-ethyl adjacent to an activating group) is 1. The molecule has 1 aliphatic heterocycles. The van der Waals surface area contributed by atoms with Crippen molar-refractivity contribution in [3.8, 4) is 0 Å². The van der Waals surface area contributed by atoms with Gasteiger partial charge in [0.2, 0.25) is 5.91 Å². The maximum atomic E-state index is 12.8. The molecular formula is C14H24N4O3S. The molecule has 2 rings (SSSR count). The van der Waals surface area contributed by atoms with Gasteiger partial charge in [-0.3, -0.25) is 4.79 Å². The average molecular weight is 328 g/mol. The Labute approximate surface area is 131 Å². The van der Waals surface area contributed by atoms with E-state index >= 15 is 0 Å². The zero-order valence-corrected chi connectivity index (χ0v) is 14.2. The number of aryl methyl sites for hydroxylation is 1. The molecule has 0 radical (unpaired) electrons. The van der Waals surface area contributed by atoms with Crippen LogP contribution in [0.1, 0.15) is 38.9 Å². The van der Waals surface area contributed by atoms with Crippen molar-refractivity contribution in [2.24, 2.45) is 0 Å². The van der Waals surface area contributed by atoms with Gasteiger partial charge >= 0.3 is 0 Å². The highest BCUT2D eigenvalue weighted by Gasteiger charge is 2.40. The number of H-pyrrole nitrogens is 1. The molecule has 0 aromatic carbocycles. The molecule has 22 heavy (non-hydrogen) atoms. The molecule has 1 amide bonds. The molecule has 1 aromatic rings. The molecular weight excluding hydrogens is 304 g/mol. The van der Waals surface area contributed by atoms with Crippen LogP contribution in [0.2, 0.25) is 0 Å². The van der Waals surface area contributed by atoms with E-state index < -0.39 is 16.1 Å². The fraction of sp³-hybridized carbons (Fsp3) is 0.714. The number of imidazole rings is 1. The second kappa shape index (κ2) is 6.78. The van der Waals surface area contributed by atoms with Crippen molar-refractivity contribution in [3.63, 3.8) is 0 Å². The lowest BCUT2D eigenvalue weighted by Gasteiger charge is -2.37. The number of aromatic nitrogens is 2. The third kappa shape index (κ3) is 3.17. The first-order valence-electron chi connectivity index (χ1n) is 7.72. The molecule has 1 aromatic heterocycles. The third-order valence-electron chi connectivity index (χ3n) is 4.02. The summed E-state index contributed by atoms with van der Waals surface area (Å²) in [7, 11) is -2.00. The molecule has 1 unspecified atom stereocenters. The van der Waals surface area contributed by atoms with Gasteiger partial charge in [0.15, 0.2) is 5.03 Å². The Morgan fingerprint density at radius 1 is 1.36 bits per heavy atom. The summed E-state index contributed by atoms with van der Waals surface area (Å²) in [6.07, 6.45) is 4.27. The SMILES string of the molecule is CCCCC1C(=O)N(C)CCN1S(=O)(=O)c1cnc(CC)[nH]1. The topological polar surface area (TPSA) is 86.4 Å². The number of hydrogen-bond donors (Lipinski definition) is 1. The van der Waals surface area contributed by atoms with Crippen LogP contribution in [-0.2, 0) is 21.2 Å². The Balaban J connectivity index is 2.31. The number of carbonyl (C=O) groups excluding carboxylic acids is 1. The Morgan fingerprint density at radius 2 is 2.09 bits per heavy atom. The number of piperazine rings is 1. The first kappa shape index (κ1) is 17.0. The van der Waals surface area contributed by atoms with Crippen molar-refractivity contribution in [1.29, 1.82) is 0 Å². The standard InChI is InChI=1S/C14H24N4O3S/c1-4-6-7-11-14(19)17(3)8-9-18(11)22(20,21)13-10-15-12(5-2)16-13/h10-11H,4-9H2,1-3H3,(H,15,16). The van der Waals surface area contributed by atoms with Crippen molar-refractivity contribution in [3.05, 3.63) is 12.0 Å². The number of hydrogen-bond acceptors (Lipinski definition) is 4. The fourth-order valence-corrected chi connectivity index (χ4v) is 4.16. The number of carbonyl (C=O) groups is 1. The van der Waals surface area contributed by atoms with E-state index in [0.29, 0.717) is 31.8 Å². The van der Waals surface area contributed by atoms with E-state index in [4.69, 9.17) is 0 Å². The summed E-state index contributed by atoms with van der Waals surface area (Å²) in [5.41, 5.74) is 0. The number of aromatic amines is 1. The minimum absolute atomic E-state index is 0.0724. The van der Waals surface area contributed by atoms with Crippen LogP contribution in [0.4, 0.5) is 0 Å². The van der Waals surface area contributed by atoms with Gasteiger partial charge in [0.1, 0.15) is 11.9 Å². The lowest BCUT2D eigenvalue weighted by atomic mass is 10.1. The summed E-state index contributed by atoms with van der Waals surface area (Å²) < 4.78 is 27.0. The van der Waals surface area contributed by atoms with Crippen LogP contribution in [-0.4, -0.2) is 59.7 Å². The van der Waals surface area contributed by atoms with Gasteiger partial charge in [0.05, 0.1) is 6.20 Å². The van der Waals surface area contributed by atoms with Gasteiger partial charge in [-0.2, -0.15) is 4.31 Å². The highest BCUT2D eigenvalue weighted by atomic mass is 32.2. The zero-order chi connectivity index (χ0) is 16.3. The highest BCUT2D eigenvalue weighted by Crippen LogP contribution is 2.23. The predicted molar refractivity (Wildman–Crippen MR) is 82.8 cm³/mol. The Kier molecular flexibility index (Phi) is 5.23. The van der Waals surface area contributed by atoms with Crippen LogP contribution in [0.25, 0.3) is 0 Å². The van der Waals surface area contributed by atoms with E-state index in [9.17, 15) is 13.2 Å². The van der Waals surface area contributed by atoms with Crippen molar-refractivity contribution in [2.75, 3.05) is 20.1 Å². The zero-order valence-electron chi connectivity index (χ0n) is 13.4. The van der Waals surface area contributed by atoms with Gasteiger partial charge < -0.3 is 9.88 Å². The van der Waals surface area contributed by atoms with Crippen LogP contribution in [0, 0.1) is 0 Å². The van der Waals surface area contributed by atoms with Gasteiger partial charge in [0, 0.05) is 26.6 Å². The van der Waals surface area contributed by atoms with E-state index in [-0.39, 0.29) is 10.9 Å². The van der Waals surface area contributed by atoms with E-state index in [1.54, 1.807) is 11.9 Å². The van der Waals surface area contributed by atoms with Crippen molar-refractivity contribution in [2.45, 2.75) is 50.6 Å². The molecule has 1 saturated heterocycles. The number of nitrogens with zero attached hydrogens (tertiary/aromatic N) is 3. The van der Waals surface area contributed by atoms with Gasteiger partial charge in [-0.15, -0.1) is 0 Å². The second-order valence-corrected chi connectivity index (χ2v) is 7.44. The molecule has 1 N–H and O–H groups in total. The van der Waals surface area contributed by atoms with Crippen LogP contribution >= 0.6 is 0 Å². The molecule has 8 heteroatoms. The number of unbranched alkanes of at least 4 members (excludes halogenated alkanes) is 1. The summed E-state index contributed by atoms with van der Waals surface area (Å²) in [5.74, 6) is 0.502. The van der Waals surface area contributed by atoms with Crippen LogP contribution < -0.4 is 0 Å². The lowest BCUT2D eigenvalue weighted by Crippen LogP contribution is -2.57. The maximum absolute atomic E-state index is 12.8. The van der Waals surface area contributed by atoms with Crippen molar-refractivity contribution in [1.82, 2.24) is 19.2 Å². The van der Waals surface area contributed by atoms with E-state index in [2.05, 4.69) is 9.97 Å². The quantitative estimate of drug-likeness (QED) is 0.844. The predicted octanol–water partition coefficient (Wildman–Crippen LogP) is 0.994. The van der Waals surface area contributed by atoms with Crippen LogP contribution in [0.15, 0.2) is 11.2 Å². The molecule has 0 aliphatic carbocycles. The summed E-state index contributed by atoms with van der Waals surface area (Å²) in [4.78, 5) is 20.9. The summed E-state index contributed by atoms with van der Waals surface area (Å²) in [6, 6.07) is -0.614. The van der Waals surface area contributed by atoms with Crippen molar-refractivity contribution < 1.29 is 13.2 Å². The number of amides is 1. The Morgan fingerprint density at radius 3 is 2.68 bits per heavy atom. The fourth-order valence-electron chi connectivity index (χ4n) is 2.63. The molecule has 0 bridgehead atoms. The largest absolute Gasteiger partial charge is 0.343 e. The summed E-state index contributed by atoms with van der Waals surface area (Å²) in [6.45, 7) is 4.66. The van der Waals surface area contributed by atoms with E-state index in [1.807, 2.05) is 13.8 Å². The van der Waals surface area contributed by atoms with E-state index in [0.717, 1.165) is 12.8 Å². The molecule has 2 heterocycles. The van der Waals surface area contributed by atoms with Gasteiger partial charge in [-0.05, 0) is 6.42 Å². The number of nitrogens with one attached hydrogen (secondary N) is 1. The first-order valence-corrected chi connectivity index (χ1v) is 9.16. The van der Waals surface area contributed by atoms with Gasteiger partial charge in [-0.1, -0.05) is 26.7 Å². The third-order valence-corrected chi connectivity index (χ3v) is 5.84. The second-order valence-electron chi connectivity index (χ2n) is 5.58. The van der Waals surface area contributed by atoms with Crippen molar-refractivity contribution >= 4 is 15.9 Å². The molecule has 1 fully saturated rings. The van der Waals surface area contributed by atoms with E-state index in [1.165, 1.54) is 10.5 Å². The average Bonchev–Trinajstić information content (AvgIpc) is 2.98. The van der Waals surface area contributed by atoms with Crippen LogP contribution in [0.5, 0.6) is 0 Å². The minimum atomic E-state index is -3.72. The number of rotatable bonds is 6. The smallest absolute Gasteiger partial charge is 0.260 e. The summed E-state index contributed by atoms with van der Waals surface area (Å²) in [5, 5.41) is 0.0724. The minimum Gasteiger partial charge on any atom is -0.343 e. The molecule has 124 valence electrons. The normalized spacial score (nSPS) is 20.6. The van der Waals surface area contributed by atoms with Gasteiger partial charge in [-0.25, -0.2) is 13.4 Å². The Hall–Kier alpha value is -1.41. The first-order chi connectivity index (χ1) is 10.4. The van der Waals surface area contributed by atoms with Crippen LogP contribution in [0.3, 0.4) is 0 Å². The molecule has 1 aliphatic rings. The molecule has 7 nitrogen and oxygen atoms in total. The lowest BCUT2D eigenvalue weighted by molar-refractivity contribution is -0.137. The highest BCUT2D eigenvalue weighted by molar-refractivity contribution is 7.89. The van der Waals surface area contributed by atoms with Gasteiger partial charge in [0.25, 0.3) is 10.0 Å². The molecule has 0 saturated carbocycles. The summed E-state index contributed by atoms with van der Waals surface area (Å²) >= 11 is 0. The monoisotopic (exact) mass is 328 g/mol. The maximum Gasteiger partial charge on any atom is 0.260 e. The Bertz CT molecular complexity index is 626. The number of sulfonamides is 1.